The number of rotatable bonds is 7. The van der Waals surface area contributed by atoms with Gasteiger partial charge in [-0.1, -0.05) is 17.3 Å². The van der Waals surface area contributed by atoms with Crippen molar-refractivity contribution in [1.82, 2.24) is 25.6 Å². The van der Waals surface area contributed by atoms with Crippen molar-refractivity contribution in [2.45, 2.75) is 19.5 Å². The van der Waals surface area contributed by atoms with Crippen LogP contribution in [0.4, 0.5) is 4.39 Å². The molecule has 0 unspecified atom stereocenters. The number of aromatic nitrogens is 3. The maximum absolute atomic E-state index is 12.7. The first-order valence-corrected chi connectivity index (χ1v) is 6.72. The second-order valence-electron chi connectivity index (χ2n) is 4.66. The van der Waals surface area contributed by atoms with Gasteiger partial charge in [0, 0.05) is 13.1 Å². The number of nitrogens with one attached hydrogen (secondary N) is 2. The molecule has 0 aliphatic carbocycles. The van der Waals surface area contributed by atoms with Gasteiger partial charge < -0.3 is 10.6 Å². The van der Waals surface area contributed by atoms with E-state index in [1.54, 1.807) is 18.3 Å². The van der Waals surface area contributed by atoms with Crippen molar-refractivity contribution in [2.75, 3.05) is 13.6 Å². The molecule has 0 saturated heterocycles. The third kappa shape index (κ3) is 4.96. The van der Waals surface area contributed by atoms with Gasteiger partial charge in [-0.15, -0.1) is 5.10 Å². The van der Waals surface area contributed by atoms with E-state index in [1.807, 2.05) is 7.05 Å². The fourth-order valence-electron chi connectivity index (χ4n) is 1.88. The van der Waals surface area contributed by atoms with E-state index in [2.05, 4.69) is 20.9 Å². The Balaban J connectivity index is 1.72. The molecule has 0 bridgehead atoms. The molecule has 1 amide bonds. The van der Waals surface area contributed by atoms with Crippen LogP contribution >= 0.6 is 0 Å². The molecule has 21 heavy (non-hydrogen) atoms. The number of hydrogen-bond acceptors (Lipinski definition) is 4. The lowest BCUT2D eigenvalue weighted by molar-refractivity contribution is -0.121. The molecule has 2 rings (SSSR count). The summed E-state index contributed by atoms with van der Waals surface area (Å²) in [5.74, 6) is -0.385. The summed E-state index contributed by atoms with van der Waals surface area (Å²) in [5, 5.41) is 13.6. The zero-order chi connectivity index (χ0) is 15.1. The first-order valence-electron chi connectivity index (χ1n) is 6.72. The smallest absolute Gasteiger partial charge is 0.241 e. The average molecular weight is 291 g/mol. The van der Waals surface area contributed by atoms with E-state index in [4.69, 9.17) is 0 Å². The highest BCUT2D eigenvalue weighted by Gasteiger charge is 2.05. The van der Waals surface area contributed by atoms with Crippen molar-refractivity contribution in [3.05, 3.63) is 47.5 Å². The maximum Gasteiger partial charge on any atom is 0.241 e. The summed E-state index contributed by atoms with van der Waals surface area (Å²) in [6.07, 6.45) is 2.39. The minimum Gasteiger partial charge on any atom is -0.354 e. The second-order valence-corrected chi connectivity index (χ2v) is 4.66. The van der Waals surface area contributed by atoms with E-state index in [1.165, 1.54) is 16.8 Å². The number of benzene rings is 1. The third-order valence-electron chi connectivity index (χ3n) is 2.90. The highest BCUT2D eigenvalue weighted by Crippen LogP contribution is 2.02. The molecule has 1 aromatic heterocycles. The van der Waals surface area contributed by atoms with Gasteiger partial charge >= 0.3 is 0 Å². The Kier molecular flexibility index (Phi) is 5.39. The van der Waals surface area contributed by atoms with Crippen LogP contribution in [0.15, 0.2) is 30.5 Å². The van der Waals surface area contributed by atoms with Crippen molar-refractivity contribution in [1.29, 1.82) is 0 Å². The highest BCUT2D eigenvalue weighted by molar-refractivity contribution is 5.75. The quantitative estimate of drug-likeness (QED) is 0.779. The molecule has 1 heterocycles. The van der Waals surface area contributed by atoms with E-state index >= 15 is 0 Å². The first-order chi connectivity index (χ1) is 10.2. The van der Waals surface area contributed by atoms with Gasteiger partial charge in [0.2, 0.25) is 5.91 Å². The Labute approximate surface area is 122 Å². The van der Waals surface area contributed by atoms with Gasteiger partial charge in [-0.25, -0.2) is 9.07 Å². The molecule has 112 valence electrons. The van der Waals surface area contributed by atoms with Crippen LogP contribution in [-0.4, -0.2) is 34.5 Å². The number of nitrogens with zero attached hydrogens (tertiary/aromatic N) is 3. The van der Waals surface area contributed by atoms with Crippen LogP contribution in [0.2, 0.25) is 0 Å². The standard InChI is InChI=1S/C14H18FN5O/c1-16-8-13-9-20(19-18-13)10-14(21)17-7-6-11-2-4-12(15)5-3-11/h2-5,9,16H,6-8,10H2,1H3,(H,17,21). The minimum absolute atomic E-state index is 0.127. The molecule has 0 radical (unpaired) electrons. The number of carbonyl (C=O) groups excluding carboxylic acids is 1. The van der Waals surface area contributed by atoms with E-state index in [-0.39, 0.29) is 18.3 Å². The van der Waals surface area contributed by atoms with Gasteiger partial charge in [0.25, 0.3) is 0 Å². The predicted octanol–water partition coefficient (Wildman–Crippen LogP) is 0.495. The Bertz CT molecular complexity index is 581. The van der Waals surface area contributed by atoms with Gasteiger partial charge in [-0.3, -0.25) is 4.79 Å². The van der Waals surface area contributed by atoms with Crippen molar-refractivity contribution in [3.8, 4) is 0 Å². The zero-order valence-corrected chi connectivity index (χ0v) is 11.8. The lowest BCUT2D eigenvalue weighted by atomic mass is 10.1. The van der Waals surface area contributed by atoms with E-state index < -0.39 is 0 Å². The maximum atomic E-state index is 12.7. The van der Waals surface area contributed by atoms with E-state index in [9.17, 15) is 9.18 Å². The molecule has 7 heteroatoms. The van der Waals surface area contributed by atoms with Gasteiger partial charge in [0.15, 0.2) is 0 Å². The van der Waals surface area contributed by atoms with E-state index in [0.29, 0.717) is 19.5 Å². The summed E-state index contributed by atoms with van der Waals surface area (Å²) >= 11 is 0. The van der Waals surface area contributed by atoms with Crippen LogP contribution in [0.1, 0.15) is 11.3 Å². The lowest BCUT2D eigenvalue weighted by Gasteiger charge is -2.05. The van der Waals surface area contributed by atoms with Crippen LogP contribution in [0.3, 0.4) is 0 Å². The van der Waals surface area contributed by atoms with Gasteiger partial charge in [-0.2, -0.15) is 0 Å². The van der Waals surface area contributed by atoms with Gasteiger partial charge in [0.05, 0.1) is 11.9 Å². The van der Waals surface area contributed by atoms with Crippen LogP contribution < -0.4 is 10.6 Å². The molecule has 2 N–H and O–H groups in total. The fraction of sp³-hybridized carbons (Fsp3) is 0.357. The normalized spacial score (nSPS) is 10.6. The van der Waals surface area contributed by atoms with Crippen LogP contribution in [0.25, 0.3) is 0 Å². The Morgan fingerprint density at radius 1 is 1.33 bits per heavy atom. The SMILES string of the molecule is CNCc1cn(CC(=O)NCCc2ccc(F)cc2)nn1. The summed E-state index contributed by atoms with van der Waals surface area (Å²) in [4.78, 5) is 11.7. The summed E-state index contributed by atoms with van der Waals surface area (Å²) in [7, 11) is 1.82. The monoisotopic (exact) mass is 291 g/mol. The Morgan fingerprint density at radius 3 is 2.81 bits per heavy atom. The topological polar surface area (TPSA) is 71.8 Å². The zero-order valence-electron chi connectivity index (χ0n) is 11.8. The number of halogens is 1. The van der Waals surface area contributed by atoms with Crippen molar-refractivity contribution in [2.24, 2.45) is 0 Å². The summed E-state index contributed by atoms with van der Waals surface area (Å²) in [6, 6.07) is 6.25. The third-order valence-corrected chi connectivity index (χ3v) is 2.90. The van der Waals surface area contributed by atoms with Crippen molar-refractivity contribution >= 4 is 5.91 Å². The fourth-order valence-corrected chi connectivity index (χ4v) is 1.88. The van der Waals surface area contributed by atoms with Gasteiger partial charge in [-0.05, 0) is 31.2 Å². The summed E-state index contributed by atoms with van der Waals surface area (Å²) in [5.41, 5.74) is 1.77. The van der Waals surface area contributed by atoms with Crippen LogP contribution in [0.5, 0.6) is 0 Å². The van der Waals surface area contributed by atoms with Gasteiger partial charge in [0.1, 0.15) is 12.4 Å². The lowest BCUT2D eigenvalue weighted by Crippen LogP contribution is -2.29. The molecule has 0 fully saturated rings. The largest absolute Gasteiger partial charge is 0.354 e. The molecule has 0 atom stereocenters. The van der Waals surface area contributed by atoms with E-state index in [0.717, 1.165) is 11.3 Å². The first kappa shape index (κ1) is 15.1. The molecule has 2 aromatic rings. The number of hydrogen-bond donors (Lipinski definition) is 2. The summed E-state index contributed by atoms with van der Waals surface area (Å²) in [6.45, 7) is 1.26. The van der Waals surface area contributed by atoms with Crippen molar-refractivity contribution in [3.63, 3.8) is 0 Å². The van der Waals surface area contributed by atoms with Crippen molar-refractivity contribution < 1.29 is 9.18 Å². The molecule has 0 aliphatic heterocycles. The summed E-state index contributed by atoms with van der Waals surface area (Å²) < 4.78 is 14.2. The minimum atomic E-state index is -0.258. The molecule has 0 saturated carbocycles. The molecule has 1 aromatic carbocycles. The Hall–Kier alpha value is -2.28. The number of amides is 1. The van der Waals surface area contributed by atoms with Crippen LogP contribution in [0, 0.1) is 5.82 Å². The predicted molar refractivity (Wildman–Crippen MR) is 75.9 cm³/mol. The molecule has 0 aliphatic rings. The molecular formula is C14H18FN5O. The van der Waals surface area contributed by atoms with Crippen LogP contribution in [-0.2, 0) is 24.3 Å². The Morgan fingerprint density at radius 2 is 2.10 bits per heavy atom. The molecule has 6 nitrogen and oxygen atoms in total. The highest BCUT2D eigenvalue weighted by atomic mass is 19.1. The molecule has 0 spiro atoms. The number of carbonyl (C=O) groups is 1. The second kappa shape index (κ2) is 7.49. The molecular weight excluding hydrogens is 273 g/mol. The average Bonchev–Trinajstić information content (AvgIpc) is 2.89.